The maximum atomic E-state index is 11.1. The third kappa shape index (κ3) is 3.38. The van der Waals surface area contributed by atoms with E-state index in [2.05, 4.69) is 10.4 Å². The van der Waals surface area contributed by atoms with Crippen molar-refractivity contribution in [2.24, 2.45) is 0 Å². The van der Waals surface area contributed by atoms with Crippen molar-refractivity contribution in [1.29, 1.82) is 5.26 Å². The fourth-order valence-corrected chi connectivity index (χ4v) is 4.10. The average molecular weight is 380 g/mol. The Balaban J connectivity index is 1.82. The highest BCUT2D eigenvalue weighted by molar-refractivity contribution is 7.10. The molecular formula is C17H18ClN3O3S. The van der Waals surface area contributed by atoms with E-state index in [9.17, 15) is 10.4 Å². The van der Waals surface area contributed by atoms with Crippen LogP contribution in [0.1, 0.15) is 24.0 Å². The number of piperidine rings is 1. The first-order valence-electron chi connectivity index (χ1n) is 7.77. The van der Waals surface area contributed by atoms with E-state index in [1.807, 2.05) is 17.0 Å². The summed E-state index contributed by atoms with van der Waals surface area (Å²) in [6.07, 6.45) is 1.04. The van der Waals surface area contributed by atoms with Crippen LogP contribution in [-0.4, -0.2) is 36.8 Å². The zero-order chi connectivity index (χ0) is 18.0. The van der Waals surface area contributed by atoms with Crippen LogP contribution < -0.4 is 14.4 Å². The van der Waals surface area contributed by atoms with Gasteiger partial charge >= 0.3 is 0 Å². The molecule has 2 heterocycles. The summed E-state index contributed by atoms with van der Waals surface area (Å²) in [6.45, 7) is 1.20. The van der Waals surface area contributed by atoms with Gasteiger partial charge in [-0.3, -0.25) is 0 Å². The Morgan fingerprint density at radius 2 is 1.84 bits per heavy atom. The van der Waals surface area contributed by atoms with Gasteiger partial charge in [-0.25, -0.2) is 0 Å². The van der Waals surface area contributed by atoms with Crippen molar-refractivity contribution in [3.05, 3.63) is 34.5 Å². The third-order valence-electron chi connectivity index (χ3n) is 4.51. The van der Waals surface area contributed by atoms with Crippen LogP contribution in [0, 0.1) is 11.3 Å². The van der Waals surface area contributed by atoms with E-state index in [-0.39, 0.29) is 5.15 Å². The number of hydrogen-bond donors (Lipinski definition) is 1. The van der Waals surface area contributed by atoms with E-state index in [4.69, 9.17) is 21.1 Å². The fourth-order valence-electron chi connectivity index (χ4n) is 3.02. The van der Waals surface area contributed by atoms with Gasteiger partial charge in [0.05, 0.1) is 19.8 Å². The SMILES string of the molecule is COc1cc(OC)cc(C2(O)CCN(c3snc(Cl)c3C#N)CC2)c1. The van der Waals surface area contributed by atoms with Gasteiger partial charge in [0.2, 0.25) is 0 Å². The molecule has 0 radical (unpaired) electrons. The number of halogens is 1. The van der Waals surface area contributed by atoms with Crippen LogP contribution in [0.15, 0.2) is 18.2 Å². The van der Waals surface area contributed by atoms with Crippen molar-refractivity contribution in [2.75, 3.05) is 32.2 Å². The second-order valence-electron chi connectivity index (χ2n) is 5.89. The van der Waals surface area contributed by atoms with Crippen molar-refractivity contribution in [3.63, 3.8) is 0 Å². The minimum Gasteiger partial charge on any atom is -0.497 e. The number of nitrogens with zero attached hydrogens (tertiary/aromatic N) is 3. The molecule has 1 aliphatic rings. The molecule has 3 rings (SSSR count). The van der Waals surface area contributed by atoms with Gasteiger partial charge in [0, 0.05) is 19.2 Å². The quantitative estimate of drug-likeness (QED) is 0.879. The Labute approximate surface area is 155 Å². The first-order valence-corrected chi connectivity index (χ1v) is 8.92. The van der Waals surface area contributed by atoms with E-state index in [1.165, 1.54) is 11.5 Å². The summed E-state index contributed by atoms with van der Waals surface area (Å²) in [4.78, 5) is 2.05. The molecule has 1 saturated heterocycles. The van der Waals surface area contributed by atoms with Gasteiger partial charge in [-0.1, -0.05) is 11.6 Å². The highest BCUT2D eigenvalue weighted by atomic mass is 35.5. The summed E-state index contributed by atoms with van der Waals surface area (Å²) in [6, 6.07) is 7.55. The third-order valence-corrected chi connectivity index (χ3v) is 5.79. The number of hydrogen-bond acceptors (Lipinski definition) is 7. The summed E-state index contributed by atoms with van der Waals surface area (Å²) < 4.78 is 14.6. The smallest absolute Gasteiger partial charge is 0.162 e. The summed E-state index contributed by atoms with van der Waals surface area (Å²) in [5, 5.41) is 21.4. The number of nitriles is 1. The number of anilines is 1. The molecule has 0 bridgehead atoms. The lowest BCUT2D eigenvalue weighted by Gasteiger charge is -2.39. The molecular weight excluding hydrogens is 362 g/mol. The molecule has 1 aromatic carbocycles. The Morgan fingerprint density at radius 1 is 1.24 bits per heavy atom. The normalized spacial score (nSPS) is 16.4. The van der Waals surface area contributed by atoms with Crippen LogP contribution in [0.3, 0.4) is 0 Å². The van der Waals surface area contributed by atoms with Crippen molar-refractivity contribution >= 4 is 28.1 Å². The van der Waals surface area contributed by atoms with Gasteiger partial charge in [0.15, 0.2) is 5.15 Å². The predicted octanol–water partition coefficient (Wildman–Crippen LogP) is 3.17. The molecule has 2 aromatic rings. The zero-order valence-electron chi connectivity index (χ0n) is 14.0. The van der Waals surface area contributed by atoms with Crippen LogP contribution in [0.25, 0.3) is 0 Å². The van der Waals surface area contributed by atoms with Crippen LogP contribution in [0.4, 0.5) is 5.00 Å². The fraction of sp³-hybridized carbons (Fsp3) is 0.412. The molecule has 1 fully saturated rings. The lowest BCUT2D eigenvalue weighted by Crippen LogP contribution is -2.42. The summed E-state index contributed by atoms with van der Waals surface area (Å²) in [5.41, 5.74) is 0.200. The minimum absolute atomic E-state index is 0.237. The molecule has 132 valence electrons. The highest BCUT2D eigenvalue weighted by Crippen LogP contribution is 2.40. The maximum Gasteiger partial charge on any atom is 0.162 e. The maximum absolute atomic E-state index is 11.1. The summed E-state index contributed by atoms with van der Waals surface area (Å²) in [5.74, 6) is 1.29. The van der Waals surface area contributed by atoms with Gasteiger partial charge in [0.25, 0.3) is 0 Å². The van der Waals surface area contributed by atoms with Crippen molar-refractivity contribution < 1.29 is 14.6 Å². The molecule has 1 N–H and O–H groups in total. The molecule has 0 unspecified atom stereocenters. The van der Waals surface area contributed by atoms with Gasteiger partial charge in [-0.05, 0) is 42.1 Å². The van der Waals surface area contributed by atoms with Crippen LogP contribution in [0.5, 0.6) is 11.5 Å². The molecule has 0 atom stereocenters. The van der Waals surface area contributed by atoms with Crippen LogP contribution in [-0.2, 0) is 5.60 Å². The largest absolute Gasteiger partial charge is 0.497 e. The second kappa shape index (κ2) is 7.08. The summed E-state index contributed by atoms with van der Waals surface area (Å²) in [7, 11) is 3.17. The van der Waals surface area contributed by atoms with Crippen molar-refractivity contribution in [1.82, 2.24) is 4.37 Å². The first-order chi connectivity index (χ1) is 12.0. The molecule has 1 aliphatic heterocycles. The lowest BCUT2D eigenvalue weighted by molar-refractivity contribution is 0.0115. The first kappa shape index (κ1) is 17.8. The molecule has 25 heavy (non-hydrogen) atoms. The standard InChI is InChI=1S/C17H18ClN3O3S/c1-23-12-7-11(8-13(9-12)24-2)17(22)3-5-21(6-4-17)16-14(10-19)15(18)20-25-16/h7-9,22H,3-6H2,1-2H3. The number of benzene rings is 1. The zero-order valence-corrected chi connectivity index (χ0v) is 15.5. The van der Waals surface area contributed by atoms with Gasteiger partial charge in [0.1, 0.15) is 28.1 Å². The second-order valence-corrected chi connectivity index (χ2v) is 7.00. The molecule has 0 saturated carbocycles. The molecule has 0 spiro atoms. The van der Waals surface area contributed by atoms with E-state index >= 15 is 0 Å². The van der Waals surface area contributed by atoms with Gasteiger partial charge in [-0.15, -0.1) is 0 Å². The number of methoxy groups -OCH3 is 2. The molecule has 8 heteroatoms. The number of rotatable bonds is 4. The Hall–Kier alpha value is -2.01. The Bertz CT molecular complexity index is 788. The van der Waals surface area contributed by atoms with Crippen LogP contribution >= 0.6 is 23.1 Å². The summed E-state index contributed by atoms with van der Waals surface area (Å²) >= 11 is 7.17. The van der Waals surface area contributed by atoms with E-state index in [0.29, 0.717) is 43.0 Å². The average Bonchev–Trinajstić information content (AvgIpc) is 3.02. The van der Waals surface area contributed by atoms with Crippen molar-refractivity contribution in [3.8, 4) is 17.6 Å². The number of aromatic nitrogens is 1. The Kier molecular flexibility index (Phi) is 5.04. The number of aliphatic hydroxyl groups is 1. The van der Waals surface area contributed by atoms with Crippen LogP contribution in [0.2, 0.25) is 5.15 Å². The van der Waals surface area contributed by atoms with E-state index in [1.54, 1.807) is 20.3 Å². The van der Waals surface area contributed by atoms with Crippen molar-refractivity contribution in [2.45, 2.75) is 18.4 Å². The minimum atomic E-state index is -0.973. The van der Waals surface area contributed by atoms with Gasteiger partial charge in [-0.2, -0.15) is 9.64 Å². The molecule has 1 aromatic heterocycles. The lowest BCUT2D eigenvalue weighted by atomic mass is 9.84. The molecule has 0 aliphatic carbocycles. The number of ether oxygens (including phenoxy) is 2. The monoisotopic (exact) mass is 379 g/mol. The van der Waals surface area contributed by atoms with Gasteiger partial charge < -0.3 is 19.5 Å². The van der Waals surface area contributed by atoms with E-state index < -0.39 is 5.60 Å². The Morgan fingerprint density at radius 3 is 2.36 bits per heavy atom. The highest BCUT2D eigenvalue weighted by Gasteiger charge is 2.36. The molecule has 0 amide bonds. The predicted molar refractivity (Wildman–Crippen MR) is 96.7 cm³/mol. The topological polar surface area (TPSA) is 78.6 Å². The molecule has 6 nitrogen and oxygen atoms in total. The van der Waals surface area contributed by atoms with E-state index in [0.717, 1.165) is 10.6 Å².